The van der Waals surface area contributed by atoms with E-state index in [4.69, 9.17) is 0 Å². The third-order valence-electron chi connectivity index (χ3n) is 2.83. The van der Waals surface area contributed by atoms with Crippen LogP contribution >= 0.6 is 0 Å². The van der Waals surface area contributed by atoms with Crippen LogP contribution in [0.4, 0.5) is 0 Å². The first-order valence-electron chi connectivity index (χ1n) is 6.33. The van der Waals surface area contributed by atoms with Gasteiger partial charge in [-0.1, -0.05) is 31.6 Å². The topological polar surface area (TPSA) is 46.0 Å². The van der Waals surface area contributed by atoms with Gasteiger partial charge in [0.1, 0.15) is 0 Å². The van der Waals surface area contributed by atoms with Crippen molar-refractivity contribution in [1.82, 2.24) is 9.97 Å². The molecule has 94 valence electrons. The van der Waals surface area contributed by atoms with Crippen molar-refractivity contribution in [3.8, 4) is 0 Å². The van der Waals surface area contributed by atoms with Crippen LogP contribution in [0.1, 0.15) is 44.2 Å². The van der Waals surface area contributed by atoms with E-state index >= 15 is 0 Å². The summed E-state index contributed by atoms with van der Waals surface area (Å²) in [7, 11) is 0. The average Bonchev–Trinajstić information content (AvgIpc) is 2.38. The van der Waals surface area contributed by atoms with Gasteiger partial charge in [0.05, 0.1) is 28.5 Å². The lowest BCUT2D eigenvalue weighted by molar-refractivity contribution is 0.161. The van der Waals surface area contributed by atoms with Crippen LogP contribution in [0.25, 0.3) is 17.1 Å². The van der Waals surface area contributed by atoms with Crippen molar-refractivity contribution in [2.24, 2.45) is 0 Å². The molecule has 18 heavy (non-hydrogen) atoms. The van der Waals surface area contributed by atoms with Gasteiger partial charge in [0.15, 0.2) is 0 Å². The highest BCUT2D eigenvalue weighted by Crippen LogP contribution is 2.22. The van der Waals surface area contributed by atoms with Gasteiger partial charge in [0, 0.05) is 0 Å². The summed E-state index contributed by atoms with van der Waals surface area (Å²) in [5, 5.41) is 10.2. The van der Waals surface area contributed by atoms with Crippen molar-refractivity contribution in [2.45, 2.75) is 32.8 Å². The minimum atomic E-state index is -0.543. The molecule has 0 saturated heterocycles. The Labute approximate surface area is 107 Å². The van der Waals surface area contributed by atoms with E-state index in [1.165, 1.54) is 0 Å². The monoisotopic (exact) mass is 242 g/mol. The molecule has 1 N–H and O–H groups in total. The van der Waals surface area contributed by atoms with Crippen molar-refractivity contribution in [1.29, 1.82) is 0 Å². The van der Waals surface area contributed by atoms with Crippen molar-refractivity contribution in [3.63, 3.8) is 0 Å². The molecule has 2 aromatic rings. The first kappa shape index (κ1) is 12.7. The largest absolute Gasteiger partial charge is 0.387 e. The van der Waals surface area contributed by atoms with E-state index in [1.807, 2.05) is 50.3 Å². The number of hydrogen-bond acceptors (Lipinski definition) is 3. The number of aliphatic hydroxyl groups is 1. The van der Waals surface area contributed by atoms with Crippen LogP contribution in [0.5, 0.6) is 0 Å². The summed E-state index contributed by atoms with van der Waals surface area (Å²) in [5.74, 6) is 0. The zero-order valence-electron chi connectivity index (χ0n) is 10.8. The van der Waals surface area contributed by atoms with Gasteiger partial charge in [0.25, 0.3) is 0 Å². The van der Waals surface area contributed by atoms with Crippen LogP contribution < -0.4 is 0 Å². The number of allylic oxidation sites excluding steroid dienone is 1. The molecule has 0 unspecified atom stereocenters. The highest BCUT2D eigenvalue weighted by atomic mass is 16.3. The molecule has 1 atom stereocenters. The predicted octanol–water partition coefficient (Wildman–Crippen LogP) is 3.50. The Balaban J connectivity index is 2.57. The van der Waals surface area contributed by atoms with E-state index in [0.717, 1.165) is 23.1 Å². The number of benzene rings is 1. The SMILES string of the molecule is C/C=C/c1nc2ccccc2nc1[C@H](O)CCC. The van der Waals surface area contributed by atoms with E-state index in [1.54, 1.807) is 0 Å². The Morgan fingerprint density at radius 2 is 1.89 bits per heavy atom. The summed E-state index contributed by atoms with van der Waals surface area (Å²) in [6.45, 7) is 3.99. The van der Waals surface area contributed by atoms with E-state index < -0.39 is 6.10 Å². The van der Waals surface area contributed by atoms with Gasteiger partial charge in [-0.2, -0.15) is 0 Å². The molecular weight excluding hydrogens is 224 g/mol. The Bertz CT molecular complexity index is 563. The average molecular weight is 242 g/mol. The number of fused-ring (bicyclic) bond motifs is 1. The third-order valence-corrected chi connectivity index (χ3v) is 2.83. The highest BCUT2D eigenvalue weighted by molar-refractivity contribution is 5.75. The molecule has 1 aromatic heterocycles. The molecule has 0 aliphatic rings. The summed E-state index contributed by atoms with van der Waals surface area (Å²) >= 11 is 0. The number of rotatable bonds is 4. The Morgan fingerprint density at radius 3 is 2.50 bits per heavy atom. The second-order valence-corrected chi connectivity index (χ2v) is 4.29. The number of aliphatic hydroxyl groups excluding tert-OH is 1. The zero-order valence-corrected chi connectivity index (χ0v) is 10.8. The molecule has 0 fully saturated rings. The lowest BCUT2D eigenvalue weighted by atomic mass is 10.1. The lowest BCUT2D eigenvalue weighted by Gasteiger charge is -2.12. The second kappa shape index (κ2) is 5.74. The maximum atomic E-state index is 10.2. The van der Waals surface area contributed by atoms with Gasteiger partial charge in [-0.15, -0.1) is 0 Å². The van der Waals surface area contributed by atoms with E-state index in [-0.39, 0.29) is 0 Å². The molecule has 0 amide bonds. The quantitative estimate of drug-likeness (QED) is 0.892. The zero-order chi connectivity index (χ0) is 13.0. The van der Waals surface area contributed by atoms with Crippen molar-refractivity contribution in [3.05, 3.63) is 41.7 Å². The van der Waals surface area contributed by atoms with Crippen LogP contribution in [0, 0.1) is 0 Å². The van der Waals surface area contributed by atoms with Crippen LogP contribution in [-0.4, -0.2) is 15.1 Å². The fraction of sp³-hybridized carbons (Fsp3) is 0.333. The summed E-state index contributed by atoms with van der Waals surface area (Å²) in [4.78, 5) is 9.11. The van der Waals surface area contributed by atoms with Gasteiger partial charge >= 0.3 is 0 Å². The normalized spacial score (nSPS) is 13.3. The summed E-state index contributed by atoms with van der Waals surface area (Å²) < 4.78 is 0. The Kier molecular flexibility index (Phi) is 4.05. The summed E-state index contributed by atoms with van der Waals surface area (Å²) in [5.41, 5.74) is 3.12. The summed E-state index contributed by atoms with van der Waals surface area (Å²) in [6, 6.07) is 7.73. The van der Waals surface area contributed by atoms with Gasteiger partial charge in [-0.05, 0) is 31.6 Å². The number of nitrogens with zero attached hydrogens (tertiary/aromatic N) is 2. The third kappa shape index (κ3) is 2.57. The molecule has 3 heteroatoms. The van der Waals surface area contributed by atoms with Crippen molar-refractivity contribution < 1.29 is 5.11 Å². The Morgan fingerprint density at radius 1 is 1.22 bits per heavy atom. The molecule has 0 aliphatic carbocycles. The van der Waals surface area contributed by atoms with E-state index in [9.17, 15) is 5.11 Å². The van der Waals surface area contributed by atoms with Gasteiger partial charge in [-0.3, -0.25) is 0 Å². The van der Waals surface area contributed by atoms with Crippen LogP contribution in [0.3, 0.4) is 0 Å². The number of aromatic nitrogens is 2. The minimum Gasteiger partial charge on any atom is -0.387 e. The molecule has 1 heterocycles. The van der Waals surface area contributed by atoms with Crippen molar-refractivity contribution in [2.75, 3.05) is 0 Å². The van der Waals surface area contributed by atoms with E-state index in [0.29, 0.717) is 12.1 Å². The molecule has 1 aromatic carbocycles. The first-order chi connectivity index (χ1) is 8.76. The molecular formula is C15H18N2O. The van der Waals surface area contributed by atoms with Crippen LogP contribution in [0.15, 0.2) is 30.3 Å². The Hall–Kier alpha value is -1.74. The standard InChI is InChI=1S/C15H18N2O/c1-3-7-13-15(14(18)8-4-2)17-12-10-6-5-9-11(12)16-13/h3,5-7,9-10,14,18H,4,8H2,1-2H3/b7-3+/t14-/m1/s1. The molecule has 0 radical (unpaired) electrons. The molecule has 0 aliphatic heterocycles. The van der Waals surface area contributed by atoms with Crippen LogP contribution in [0.2, 0.25) is 0 Å². The highest BCUT2D eigenvalue weighted by Gasteiger charge is 2.14. The second-order valence-electron chi connectivity index (χ2n) is 4.29. The van der Waals surface area contributed by atoms with Crippen LogP contribution in [-0.2, 0) is 0 Å². The van der Waals surface area contributed by atoms with E-state index in [2.05, 4.69) is 9.97 Å². The number of para-hydroxylation sites is 2. The molecule has 0 spiro atoms. The molecule has 0 saturated carbocycles. The first-order valence-corrected chi connectivity index (χ1v) is 6.33. The van der Waals surface area contributed by atoms with Crippen molar-refractivity contribution >= 4 is 17.1 Å². The fourth-order valence-electron chi connectivity index (χ4n) is 1.96. The minimum absolute atomic E-state index is 0.543. The molecule has 3 nitrogen and oxygen atoms in total. The van der Waals surface area contributed by atoms with Gasteiger partial charge in [0.2, 0.25) is 0 Å². The maximum absolute atomic E-state index is 10.2. The van der Waals surface area contributed by atoms with Gasteiger partial charge in [-0.25, -0.2) is 9.97 Å². The fourth-order valence-corrected chi connectivity index (χ4v) is 1.96. The molecule has 0 bridgehead atoms. The maximum Gasteiger partial charge on any atom is 0.0981 e. The smallest absolute Gasteiger partial charge is 0.0981 e. The van der Waals surface area contributed by atoms with Gasteiger partial charge < -0.3 is 5.11 Å². The summed E-state index contributed by atoms with van der Waals surface area (Å²) in [6.07, 6.45) is 4.90. The molecule has 2 rings (SSSR count). The predicted molar refractivity (Wildman–Crippen MR) is 74.1 cm³/mol. The lowest BCUT2D eigenvalue weighted by Crippen LogP contribution is -2.05. The number of hydrogen-bond donors (Lipinski definition) is 1.